The highest BCUT2D eigenvalue weighted by Gasteiger charge is 2.72. The van der Waals surface area contributed by atoms with Crippen LogP contribution in [0.25, 0.3) is 0 Å². The normalized spacial score (nSPS) is 58.7. The maximum Gasteiger partial charge on any atom is 0.186 e. The minimum Gasteiger partial charge on any atom is -0.393 e. The van der Waals surface area contributed by atoms with Gasteiger partial charge in [0.1, 0.15) is 6.10 Å². The van der Waals surface area contributed by atoms with Crippen molar-refractivity contribution in [3.8, 4) is 0 Å². The van der Waals surface area contributed by atoms with Crippen LogP contribution in [-0.2, 0) is 14.2 Å². The van der Waals surface area contributed by atoms with Crippen LogP contribution in [0, 0.1) is 39.9 Å². The molecule has 12 atom stereocenters. The first-order chi connectivity index (χ1) is 14.4. The molecule has 0 amide bonds. The largest absolute Gasteiger partial charge is 0.393 e. The van der Waals surface area contributed by atoms with Crippen molar-refractivity contribution in [3.05, 3.63) is 0 Å². The quantitative estimate of drug-likeness (QED) is 0.614. The second kappa shape index (κ2) is 6.89. The van der Waals surface area contributed by atoms with Gasteiger partial charge in [-0.25, -0.2) is 0 Å². The summed E-state index contributed by atoms with van der Waals surface area (Å²) in [4.78, 5) is 0. The van der Waals surface area contributed by atoms with E-state index in [1.165, 1.54) is 0 Å². The van der Waals surface area contributed by atoms with Crippen LogP contribution in [0.5, 0.6) is 0 Å². The maximum atomic E-state index is 12.4. The predicted molar refractivity (Wildman–Crippen MR) is 115 cm³/mol. The van der Waals surface area contributed by atoms with Gasteiger partial charge in [-0.05, 0) is 54.3 Å². The van der Waals surface area contributed by atoms with Gasteiger partial charge >= 0.3 is 0 Å². The van der Waals surface area contributed by atoms with Crippen LogP contribution in [0.2, 0.25) is 0 Å². The van der Waals surface area contributed by atoms with Gasteiger partial charge in [-0.2, -0.15) is 0 Å². The summed E-state index contributed by atoms with van der Waals surface area (Å²) in [6.45, 7) is 14.0. The number of rotatable bonds is 2. The van der Waals surface area contributed by atoms with E-state index in [2.05, 4.69) is 41.5 Å². The minimum absolute atomic E-state index is 0.0962. The van der Waals surface area contributed by atoms with Crippen molar-refractivity contribution in [3.63, 3.8) is 0 Å². The summed E-state index contributed by atoms with van der Waals surface area (Å²) in [6.07, 6.45) is 1.43. The smallest absolute Gasteiger partial charge is 0.186 e. The molecule has 0 radical (unpaired) electrons. The molecule has 3 aliphatic carbocycles. The van der Waals surface area contributed by atoms with Crippen molar-refractivity contribution in [2.75, 3.05) is 13.2 Å². The van der Waals surface area contributed by atoms with Crippen molar-refractivity contribution < 1.29 is 29.5 Å². The van der Waals surface area contributed by atoms with E-state index in [-0.39, 0.29) is 47.1 Å². The SMILES string of the molecule is CC1CC2(O)CC3(C)C4COC4CCC3(C)C3OC(C(O)CO)OC3C(C1C)C2(C)C. The second-order valence-electron chi connectivity index (χ2n) is 12.6. The molecule has 0 aromatic rings. The van der Waals surface area contributed by atoms with Gasteiger partial charge in [-0.3, -0.25) is 0 Å². The van der Waals surface area contributed by atoms with Crippen molar-refractivity contribution in [1.82, 2.24) is 0 Å². The lowest BCUT2D eigenvalue weighted by Crippen LogP contribution is -2.72. The van der Waals surface area contributed by atoms with Gasteiger partial charge in [0.2, 0.25) is 0 Å². The fourth-order valence-corrected chi connectivity index (χ4v) is 8.61. The summed E-state index contributed by atoms with van der Waals surface area (Å²) >= 11 is 0. The number of aliphatic hydroxyl groups is 3. The third kappa shape index (κ3) is 2.72. The van der Waals surface area contributed by atoms with E-state index < -0.39 is 18.0 Å². The molecule has 5 rings (SSSR count). The highest BCUT2D eigenvalue weighted by Crippen LogP contribution is 2.70. The molecule has 0 aromatic carbocycles. The summed E-state index contributed by atoms with van der Waals surface area (Å²) in [5.74, 6) is 1.20. The molecular formula is C25H42O6. The lowest BCUT2D eigenvalue weighted by Gasteiger charge is -2.69. The third-order valence-electron chi connectivity index (χ3n) is 11.2. The fraction of sp³-hybridized carbons (Fsp3) is 1.00. The molecule has 2 heterocycles. The highest BCUT2D eigenvalue weighted by atomic mass is 16.7. The average molecular weight is 439 g/mol. The van der Waals surface area contributed by atoms with Gasteiger partial charge in [-0.15, -0.1) is 0 Å². The van der Waals surface area contributed by atoms with E-state index in [0.29, 0.717) is 17.8 Å². The molecule has 178 valence electrons. The molecule has 5 aliphatic rings. The van der Waals surface area contributed by atoms with Crippen LogP contribution in [0.1, 0.15) is 67.2 Å². The van der Waals surface area contributed by atoms with E-state index in [1.807, 2.05) is 0 Å². The first-order valence-corrected chi connectivity index (χ1v) is 12.3. The van der Waals surface area contributed by atoms with Crippen LogP contribution in [0.3, 0.4) is 0 Å². The van der Waals surface area contributed by atoms with Crippen molar-refractivity contribution in [2.24, 2.45) is 39.9 Å². The van der Waals surface area contributed by atoms with E-state index in [1.54, 1.807) is 0 Å². The Morgan fingerprint density at radius 1 is 1.06 bits per heavy atom. The van der Waals surface area contributed by atoms with Gasteiger partial charge in [-0.1, -0.05) is 41.5 Å². The summed E-state index contributed by atoms with van der Waals surface area (Å²) in [6, 6.07) is 0. The Balaban J connectivity index is 1.68. The van der Waals surface area contributed by atoms with Crippen LogP contribution >= 0.6 is 0 Å². The predicted octanol–water partition coefficient (Wildman–Crippen LogP) is 2.72. The molecule has 2 bridgehead atoms. The first-order valence-electron chi connectivity index (χ1n) is 12.3. The topological polar surface area (TPSA) is 88.4 Å². The van der Waals surface area contributed by atoms with Crippen LogP contribution < -0.4 is 0 Å². The number of ether oxygens (including phenoxy) is 3. The molecule has 3 saturated carbocycles. The fourth-order valence-electron chi connectivity index (χ4n) is 8.61. The Hall–Kier alpha value is -0.240. The van der Waals surface area contributed by atoms with Crippen molar-refractivity contribution in [2.45, 2.75) is 104 Å². The van der Waals surface area contributed by atoms with Crippen molar-refractivity contribution >= 4 is 0 Å². The summed E-state index contributed by atoms with van der Waals surface area (Å²) < 4.78 is 19.0. The molecule has 31 heavy (non-hydrogen) atoms. The zero-order valence-electron chi connectivity index (χ0n) is 20.0. The van der Waals surface area contributed by atoms with Gasteiger partial charge < -0.3 is 29.5 Å². The number of aliphatic hydroxyl groups excluding tert-OH is 2. The minimum atomic E-state index is -1.06. The van der Waals surface area contributed by atoms with Crippen LogP contribution in [0.4, 0.5) is 0 Å². The van der Waals surface area contributed by atoms with Crippen LogP contribution in [-0.4, -0.2) is 64.8 Å². The molecule has 12 unspecified atom stereocenters. The number of hydrogen-bond donors (Lipinski definition) is 3. The Bertz CT molecular complexity index is 727. The zero-order chi connectivity index (χ0) is 22.6. The second-order valence-corrected chi connectivity index (χ2v) is 12.6. The number of fused-ring (bicyclic) bond motifs is 8. The summed E-state index contributed by atoms with van der Waals surface area (Å²) in [7, 11) is 0. The first kappa shape index (κ1) is 22.5. The molecular weight excluding hydrogens is 396 g/mol. The van der Waals surface area contributed by atoms with E-state index in [4.69, 9.17) is 14.2 Å². The Morgan fingerprint density at radius 3 is 2.39 bits per heavy atom. The Morgan fingerprint density at radius 2 is 1.77 bits per heavy atom. The lowest BCUT2D eigenvalue weighted by atomic mass is 9.39. The molecule has 2 saturated heterocycles. The van der Waals surface area contributed by atoms with E-state index in [0.717, 1.165) is 32.3 Å². The van der Waals surface area contributed by atoms with Crippen molar-refractivity contribution in [1.29, 1.82) is 0 Å². The standard InChI is InChI=1S/C25H42O6/c1-13-9-25(28)12-24(6)15-11-29-17(15)7-8-23(24,5)20-19(18(14(13)2)22(25,3)4)30-21(31-20)16(27)10-26/h13-21,26-28H,7-12H2,1-6H3. The monoisotopic (exact) mass is 438 g/mol. The molecule has 5 fully saturated rings. The Kier molecular flexibility index (Phi) is 5.01. The van der Waals surface area contributed by atoms with E-state index >= 15 is 0 Å². The van der Waals surface area contributed by atoms with E-state index in [9.17, 15) is 15.3 Å². The van der Waals surface area contributed by atoms with Gasteiger partial charge in [0, 0.05) is 11.3 Å². The molecule has 6 nitrogen and oxygen atoms in total. The highest BCUT2D eigenvalue weighted by molar-refractivity contribution is 5.20. The summed E-state index contributed by atoms with van der Waals surface area (Å²) in [5, 5.41) is 32.5. The molecule has 6 heteroatoms. The maximum absolute atomic E-state index is 12.4. The van der Waals surface area contributed by atoms with Gasteiger partial charge in [0.25, 0.3) is 0 Å². The lowest BCUT2D eigenvalue weighted by molar-refractivity contribution is -0.299. The van der Waals surface area contributed by atoms with Crippen LogP contribution in [0.15, 0.2) is 0 Å². The third-order valence-corrected chi connectivity index (χ3v) is 11.2. The van der Waals surface area contributed by atoms with Gasteiger partial charge in [0.05, 0.1) is 37.1 Å². The molecule has 0 aromatic heterocycles. The summed E-state index contributed by atoms with van der Waals surface area (Å²) in [5.41, 5.74) is -1.56. The molecule has 0 spiro atoms. The Labute approximate surface area is 186 Å². The molecule has 3 N–H and O–H groups in total. The average Bonchev–Trinajstić information content (AvgIpc) is 3.08. The number of hydrogen-bond acceptors (Lipinski definition) is 6. The molecule has 2 aliphatic heterocycles. The van der Waals surface area contributed by atoms with Gasteiger partial charge in [0.15, 0.2) is 6.29 Å². The zero-order valence-corrected chi connectivity index (χ0v) is 20.0.